The van der Waals surface area contributed by atoms with Crippen molar-refractivity contribution in [3.05, 3.63) is 57.8 Å². The fourth-order valence-electron chi connectivity index (χ4n) is 1.37. The molecule has 2 aromatic rings. The molecule has 0 radical (unpaired) electrons. The van der Waals surface area contributed by atoms with E-state index in [9.17, 15) is 13.6 Å². The van der Waals surface area contributed by atoms with Crippen LogP contribution in [0, 0.1) is 11.6 Å². The fraction of sp³-hybridized carbons (Fsp3) is 0. The van der Waals surface area contributed by atoms with E-state index in [0.717, 1.165) is 6.07 Å². The van der Waals surface area contributed by atoms with Crippen LogP contribution in [-0.2, 0) is 0 Å². The number of aromatic nitrogens is 1. The maximum absolute atomic E-state index is 13.5. The molecule has 0 atom stereocenters. The van der Waals surface area contributed by atoms with Crippen molar-refractivity contribution in [2.24, 2.45) is 0 Å². The van der Waals surface area contributed by atoms with Crippen LogP contribution in [0.3, 0.4) is 0 Å². The molecule has 0 saturated carbocycles. The van der Waals surface area contributed by atoms with E-state index >= 15 is 0 Å². The van der Waals surface area contributed by atoms with Gasteiger partial charge in [0.25, 0.3) is 5.91 Å². The average Bonchev–Trinajstić information content (AvgIpc) is 2.33. The summed E-state index contributed by atoms with van der Waals surface area (Å²) in [6, 6.07) is 4.31. The maximum atomic E-state index is 13.5. The van der Waals surface area contributed by atoms with Crippen LogP contribution in [0.4, 0.5) is 14.5 Å². The van der Waals surface area contributed by atoms with Crippen LogP contribution in [0.15, 0.2) is 30.5 Å². The molecule has 1 aromatic heterocycles. The molecule has 0 saturated heterocycles. The number of halogens is 4. The first-order valence-corrected chi connectivity index (χ1v) is 5.80. The van der Waals surface area contributed by atoms with Crippen LogP contribution >= 0.6 is 23.2 Å². The van der Waals surface area contributed by atoms with Gasteiger partial charge in [0.05, 0.1) is 10.7 Å². The van der Waals surface area contributed by atoms with Crippen LogP contribution in [-0.4, -0.2) is 10.9 Å². The highest BCUT2D eigenvalue weighted by molar-refractivity contribution is 6.34. The maximum Gasteiger partial charge on any atom is 0.274 e. The van der Waals surface area contributed by atoms with E-state index in [1.54, 1.807) is 0 Å². The summed E-state index contributed by atoms with van der Waals surface area (Å²) in [6.45, 7) is 0. The van der Waals surface area contributed by atoms with Gasteiger partial charge < -0.3 is 5.32 Å². The van der Waals surface area contributed by atoms with Crippen LogP contribution < -0.4 is 5.32 Å². The number of carbonyl (C=O) groups is 1. The Labute approximate surface area is 117 Å². The summed E-state index contributed by atoms with van der Waals surface area (Å²) in [5.74, 6) is -2.50. The zero-order valence-corrected chi connectivity index (χ0v) is 10.8. The molecular weight excluding hydrogens is 297 g/mol. The summed E-state index contributed by atoms with van der Waals surface area (Å²) >= 11 is 11.4. The topological polar surface area (TPSA) is 42.0 Å². The van der Waals surface area contributed by atoms with Crippen LogP contribution in [0.25, 0.3) is 0 Å². The quantitative estimate of drug-likeness (QED) is 0.913. The SMILES string of the molecule is O=C(Nc1c(F)cc(F)cc1Cl)c1cc(Cl)ccn1. The number of pyridine rings is 1. The Morgan fingerprint density at radius 1 is 1.21 bits per heavy atom. The number of hydrogen-bond acceptors (Lipinski definition) is 2. The van der Waals surface area contributed by atoms with Crippen molar-refractivity contribution in [2.75, 3.05) is 5.32 Å². The van der Waals surface area contributed by atoms with Gasteiger partial charge >= 0.3 is 0 Å². The zero-order chi connectivity index (χ0) is 14.0. The Morgan fingerprint density at radius 2 is 1.95 bits per heavy atom. The lowest BCUT2D eigenvalue weighted by Gasteiger charge is -2.08. The predicted molar refractivity (Wildman–Crippen MR) is 68.6 cm³/mol. The number of nitrogens with one attached hydrogen (secondary N) is 1. The first-order chi connectivity index (χ1) is 8.97. The number of carbonyl (C=O) groups excluding carboxylic acids is 1. The second kappa shape index (κ2) is 5.50. The third kappa shape index (κ3) is 3.19. The lowest BCUT2D eigenvalue weighted by molar-refractivity contribution is 0.102. The summed E-state index contributed by atoms with van der Waals surface area (Å²) in [7, 11) is 0. The number of anilines is 1. The lowest BCUT2D eigenvalue weighted by atomic mass is 10.2. The molecule has 98 valence electrons. The Morgan fingerprint density at radius 3 is 2.58 bits per heavy atom. The minimum atomic E-state index is -0.972. The molecule has 7 heteroatoms. The van der Waals surface area contributed by atoms with Crippen molar-refractivity contribution >= 4 is 34.8 Å². The van der Waals surface area contributed by atoms with Crippen LogP contribution in [0.1, 0.15) is 10.5 Å². The molecule has 0 aliphatic rings. The van der Waals surface area contributed by atoms with Gasteiger partial charge in [-0.3, -0.25) is 9.78 Å². The summed E-state index contributed by atoms with van der Waals surface area (Å²) in [5, 5.41) is 2.28. The molecule has 0 aliphatic heterocycles. The monoisotopic (exact) mass is 302 g/mol. The van der Waals surface area contributed by atoms with Gasteiger partial charge in [-0.05, 0) is 18.2 Å². The highest BCUT2D eigenvalue weighted by Crippen LogP contribution is 2.26. The van der Waals surface area contributed by atoms with E-state index in [0.29, 0.717) is 11.1 Å². The van der Waals surface area contributed by atoms with Gasteiger partial charge in [-0.1, -0.05) is 23.2 Å². The van der Waals surface area contributed by atoms with Gasteiger partial charge in [-0.25, -0.2) is 8.78 Å². The van der Waals surface area contributed by atoms with Gasteiger partial charge in [0.15, 0.2) is 5.82 Å². The first kappa shape index (κ1) is 13.7. The molecular formula is C12H6Cl2F2N2O. The molecule has 1 aromatic carbocycles. The molecule has 0 aliphatic carbocycles. The Hall–Kier alpha value is -1.72. The number of hydrogen-bond donors (Lipinski definition) is 1. The number of benzene rings is 1. The Kier molecular flexibility index (Phi) is 3.97. The van der Waals surface area contributed by atoms with E-state index in [-0.39, 0.29) is 16.4 Å². The number of nitrogens with zero attached hydrogens (tertiary/aromatic N) is 1. The van der Waals surface area contributed by atoms with Crippen LogP contribution in [0.2, 0.25) is 10.0 Å². The minimum absolute atomic E-state index is 0.00714. The van der Waals surface area contributed by atoms with Crippen molar-refractivity contribution in [2.45, 2.75) is 0 Å². The highest BCUT2D eigenvalue weighted by Gasteiger charge is 2.15. The lowest BCUT2D eigenvalue weighted by Crippen LogP contribution is -2.15. The fourth-order valence-corrected chi connectivity index (χ4v) is 1.77. The van der Waals surface area contributed by atoms with Crippen molar-refractivity contribution in [3.63, 3.8) is 0 Å². The smallest absolute Gasteiger partial charge is 0.274 e. The summed E-state index contributed by atoms with van der Waals surface area (Å²) in [4.78, 5) is 15.6. The molecule has 19 heavy (non-hydrogen) atoms. The number of amides is 1. The van der Waals surface area contributed by atoms with E-state index in [1.165, 1.54) is 18.3 Å². The highest BCUT2D eigenvalue weighted by atomic mass is 35.5. The molecule has 0 bridgehead atoms. The van der Waals surface area contributed by atoms with E-state index < -0.39 is 17.5 Å². The average molecular weight is 303 g/mol. The molecule has 1 N–H and O–H groups in total. The second-order valence-corrected chi connectivity index (χ2v) is 4.40. The van der Waals surface area contributed by atoms with Crippen molar-refractivity contribution in [1.29, 1.82) is 0 Å². The van der Waals surface area contributed by atoms with Crippen molar-refractivity contribution in [1.82, 2.24) is 4.98 Å². The molecule has 0 spiro atoms. The Balaban J connectivity index is 2.29. The third-order valence-corrected chi connectivity index (χ3v) is 2.73. The Bertz CT molecular complexity index is 626. The molecule has 2 rings (SSSR count). The molecule has 0 unspecified atom stereocenters. The van der Waals surface area contributed by atoms with Gasteiger partial charge in [-0.2, -0.15) is 0 Å². The van der Waals surface area contributed by atoms with Crippen molar-refractivity contribution in [3.8, 4) is 0 Å². The predicted octanol–water partition coefficient (Wildman–Crippen LogP) is 3.92. The standard InChI is InChI=1S/C12H6Cl2F2N2O/c13-6-1-2-17-10(3-6)12(19)18-11-8(14)4-7(15)5-9(11)16/h1-5H,(H,18,19). The third-order valence-electron chi connectivity index (χ3n) is 2.20. The normalized spacial score (nSPS) is 10.3. The summed E-state index contributed by atoms with van der Waals surface area (Å²) in [5.41, 5.74) is -0.317. The van der Waals surface area contributed by atoms with E-state index in [1.807, 2.05) is 0 Å². The van der Waals surface area contributed by atoms with Gasteiger partial charge in [-0.15, -0.1) is 0 Å². The second-order valence-electron chi connectivity index (χ2n) is 3.56. The van der Waals surface area contributed by atoms with Gasteiger partial charge in [0, 0.05) is 17.3 Å². The van der Waals surface area contributed by atoms with E-state index in [2.05, 4.69) is 10.3 Å². The van der Waals surface area contributed by atoms with Crippen LogP contribution in [0.5, 0.6) is 0 Å². The van der Waals surface area contributed by atoms with Gasteiger partial charge in [0.2, 0.25) is 0 Å². The minimum Gasteiger partial charge on any atom is -0.317 e. The van der Waals surface area contributed by atoms with E-state index in [4.69, 9.17) is 23.2 Å². The molecule has 1 heterocycles. The first-order valence-electron chi connectivity index (χ1n) is 5.05. The number of rotatable bonds is 2. The summed E-state index contributed by atoms with van der Waals surface area (Å²) < 4.78 is 26.3. The van der Waals surface area contributed by atoms with Crippen molar-refractivity contribution < 1.29 is 13.6 Å². The van der Waals surface area contributed by atoms with Gasteiger partial charge in [0.1, 0.15) is 11.5 Å². The molecule has 3 nitrogen and oxygen atoms in total. The molecule has 1 amide bonds. The molecule has 0 fully saturated rings. The zero-order valence-electron chi connectivity index (χ0n) is 9.25. The summed E-state index contributed by atoms with van der Waals surface area (Å²) in [6.07, 6.45) is 1.33. The largest absolute Gasteiger partial charge is 0.317 e.